The maximum absolute atomic E-state index is 12.7. The molecule has 0 aliphatic heterocycles. The molecule has 178 valence electrons. The number of nitrogens with one attached hydrogen (secondary N) is 1. The molecule has 1 heterocycles. The molecule has 9 heteroatoms. The van der Waals surface area contributed by atoms with E-state index in [4.69, 9.17) is 4.74 Å². The maximum Gasteiger partial charge on any atom is 0.257 e. The molecule has 0 bridgehead atoms. The van der Waals surface area contributed by atoms with Crippen molar-refractivity contribution in [1.29, 1.82) is 0 Å². The number of thiazole rings is 1. The normalized spacial score (nSPS) is 13.5. The highest BCUT2D eigenvalue weighted by atomic mass is 32.2. The van der Waals surface area contributed by atoms with Crippen LogP contribution in [0.3, 0.4) is 0 Å². The Hall–Kier alpha value is -3.53. The third-order valence-corrected chi connectivity index (χ3v) is 8.39. The fraction of sp³-hybridized carbons (Fsp3) is 0.154. The Balaban J connectivity index is 1.23. The van der Waals surface area contributed by atoms with E-state index in [0.717, 1.165) is 35.6 Å². The van der Waals surface area contributed by atoms with Crippen molar-refractivity contribution in [3.8, 4) is 22.8 Å². The monoisotopic (exact) mass is 505 g/mol. The number of rotatable bonds is 8. The number of nitrogens with zero attached hydrogens (tertiary/aromatic N) is 2. The molecule has 5 rings (SSSR count). The minimum atomic E-state index is -3.54. The molecular weight excluding hydrogens is 482 g/mol. The minimum Gasteiger partial charge on any atom is -0.457 e. The number of anilines is 1. The first-order valence-electron chi connectivity index (χ1n) is 11.1. The number of para-hydroxylation sites is 1. The predicted octanol–water partition coefficient (Wildman–Crippen LogP) is 5.64. The Labute approximate surface area is 208 Å². The molecule has 1 aliphatic carbocycles. The molecule has 0 saturated heterocycles. The Morgan fingerprint density at radius 3 is 2.29 bits per heavy atom. The van der Waals surface area contributed by atoms with E-state index in [0.29, 0.717) is 10.7 Å². The van der Waals surface area contributed by atoms with E-state index < -0.39 is 10.0 Å². The second kappa shape index (κ2) is 9.61. The molecule has 1 aromatic heterocycles. The molecule has 0 atom stereocenters. The maximum atomic E-state index is 12.7. The molecule has 35 heavy (non-hydrogen) atoms. The van der Waals surface area contributed by atoms with Gasteiger partial charge in [-0.1, -0.05) is 18.2 Å². The average molecular weight is 506 g/mol. The van der Waals surface area contributed by atoms with Crippen molar-refractivity contribution < 1.29 is 17.9 Å². The minimum absolute atomic E-state index is 0.0784. The standard InChI is InChI=1S/C26H23N3O4S2/c1-29(20-11-12-20)35(31,32)23-15-9-19(10-16-23)25(30)28-26-27-24(17-34-26)18-7-13-22(14-8-18)33-21-5-3-2-4-6-21/h2-10,13-17,20H,11-12H2,1H3,(H,27,28,30). The summed E-state index contributed by atoms with van der Waals surface area (Å²) < 4.78 is 32.5. The Morgan fingerprint density at radius 2 is 1.63 bits per heavy atom. The Morgan fingerprint density at radius 1 is 0.971 bits per heavy atom. The van der Waals surface area contributed by atoms with Gasteiger partial charge in [-0.3, -0.25) is 10.1 Å². The summed E-state index contributed by atoms with van der Waals surface area (Å²) >= 11 is 1.32. The van der Waals surface area contributed by atoms with Gasteiger partial charge in [0.2, 0.25) is 10.0 Å². The van der Waals surface area contributed by atoms with Gasteiger partial charge in [-0.15, -0.1) is 11.3 Å². The number of hydrogen-bond acceptors (Lipinski definition) is 6. The summed E-state index contributed by atoms with van der Waals surface area (Å²) in [6.07, 6.45) is 1.77. The van der Waals surface area contributed by atoms with Crippen LogP contribution in [0.25, 0.3) is 11.3 Å². The lowest BCUT2D eigenvalue weighted by Gasteiger charge is -2.16. The van der Waals surface area contributed by atoms with Crippen LogP contribution >= 0.6 is 11.3 Å². The molecule has 1 aliphatic rings. The summed E-state index contributed by atoms with van der Waals surface area (Å²) in [5.74, 6) is 1.13. The number of carbonyl (C=O) groups excluding carboxylic acids is 1. The van der Waals surface area contributed by atoms with E-state index >= 15 is 0 Å². The highest BCUT2D eigenvalue weighted by molar-refractivity contribution is 7.89. The Bertz CT molecular complexity index is 1430. The highest BCUT2D eigenvalue weighted by Crippen LogP contribution is 2.31. The second-order valence-corrected chi connectivity index (χ2v) is 11.1. The van der Waals surface area contributed by atoms with E-state index in [1.165, 1.54) is 39.9 Å². The summed E-state index contributed by atoms with van der Waals surface area (Å²) in [6, 6.07) is 23.2. The van der Waals surface area contributed by atoms with Gasteiger partial charge >= 0.3 is 0 Å². The van der Waals surface area contributed by atoms with Gasteiger partial charge in [0.25, 0.3) is 5.91 Å². The molecule has 1 amide bonds. The molecule has 1 fully saturated rings. The molecule has 1 N–H and O–H groups in total. The molecule has 4 aromatic rings. The first-order valence-corrected chi connectivity index (χ1v) is 13.4. The lowest BCUT2D eigenvalue weighted by molar-refractivity contribution is 0.102. The number of hydrogen-bond donors (Lipinski definition) is 1. The zero-order valence-corrected chi connectivity index (χ0v) is 20.6. The van der Waals surface area contributed by atoms with Crippen molar-refractivity contribution in [1.82, 2.24) is 9.29 Å². The van der Waals surface area contributed by atoms with Gasteiger partial charge in [-0.25, -0.2) is 13.4 Å². The molecule has 0 radical (unpaired) electrons. The van der Waals surface area contributed by atoms with Gasteiger partial charge in [0, 0.05) is 29.6 Å². The molecular formula is C26H23N3O4S2. The highest BCUT2D eigenvalue weighted by Gasteiger charge is 2.35. The van der Waals surface area contributed by atoms with Crippen LogP contribution < -0.4 is 10.1 Å². The van der Waals surface area contributed by atoms with Crippen LogP contribution in [0.5, 0.6) is 11.5 Å². The quantitative estimate of drug-likeness (QED) is 0.335. The molecule has 0 spiro atoms. The molecule has 0 unspecified atom stereocenters. The van der Waals surface area contributed by atoms with Crippen LogP contribution in [-0.2, 0) is 10.0 Å². The van der Waals surface area contributed by atoms with Crippen molar-refractivity contribution in [3.05, 3.63) is 89.8 Å². The summed E-state index contributed by atoms with van der Waals surface area (Å²) in [6.45, 7) is 0. The summed E-state index contributed by atoms with van der Waals surface area (Å²) in [5, 5.41) is 5.11. The average Bonchev–Trinajstić information content (AvgIpc) is 3.63. The van der Waals surface area contributed by atoms with Gasteiger partial charge in [0.05, 0.1) is 10.6 Å². The van der Waals surface area contributed by atoms with E-state index in [9.17, 15) is 13.2 Å². The van der Waals surface area contributed by atoms with Crippen molar-refractivity contribution >= 4 is 32.4 Å². The smallest absolute Gasteiger partial charge is 0.257 e. The lowest BCUT2D eigenvalue weighted by atomic mass is 10.2. The van der Waals surface area contributed by atoms with Crippen LogP contribution in [0, 0.1) is 0 Å². The number of ether oxygens (including phenoxy) is 1. The van der Waals surface area contributed by atoms with Gasteiger partial charge in [0.1, 0.15) is 11.5 Å². The lowest BCUT2D eigenvalue weighted by Crippen LogP contribution is -2.29. The van der Waals surface area contributed by atoms with Crippen LogP contribution in [0.2, 0.25) is 0 Å². The first-order chi connectivity index (χ1) is 16.9. The number of benzene rings is 3. The van der Waals surface area contributed by atoms with E-state index in [1.807, 2.05) is 60.0 Å². The fourth-order valence-electron chi connectivity index (χ4n) is 3.53. The van der Waals surface area contributed by atoms with Crippen LogP contribution in [0.15, 0.2) is 89.1 Å². The fourth-order valence-corrected chi connectivity index (χ4v) is 5.66. The second-order valence-electron chi connectivity index (χ2n) is 8.21. The number of aromatic nitrogens is 1. The first kappa shape index (κ1) is 23.2. The number of carbonyl (C=O) groups is 1. The van der Waals surface area contributed by atoms with Crippen molar-refractivity contribution in [3.63, 3.8) is 0 Å². The zero-order valence-electron chi connectivity index (χ0n) is 18.9. The number of sulfonamides is 1. The van der Waals surface area contributed by atoms with Crippen LogP contribution in [0.1, 0.15) is 23.2 Å². The van der Waals surface area contributed by atoms with Gasteiger partial charge in [-0.2, -0.15) is 4.31 Å². The van der Waals surface area contributed by atoms with Crippen LogP contribution in [0.4, 0.5) is 5.13 Å². The van der Waals surface area contributed by atoms with E-state index in [2.05, 4.69) is 10.3 Å². The SMILES string of the molecule is CN(C1CC1)S(=O)(=O)c1ccc(C(=O)Nc2nc(-c3ccc(Oc4ccccc4)cc3)cs2)cc1. The predicted molar refractivity (Wildman–Crippen MR) is 136 cm³/mol. The van der Waals surface area contributed by atoms with E-state index in [1.54, 1.807) is 7.05 Å². The topological polar surface area (TPSA) is 88.6 Å². The third kappa shape index (κ3) is 5.27. The van der Waals surface area contributed by atoms with Crippen molar-refractivity contribution in [2.45, 2.75) is 23.8 Å². The molecule has 3 aromatic carbocycles. The Kier molecular flexibility index (Phi) is 6.38. The molecule has 1 saturated carbocycles. The summed E-state index contributed by atoms with van der Waals surface area (Å²) in [4.78, 5) is 17.4. The molecule has 7 nitrogen and oxygen atoms in total. The van der Waals surface area contributed by atoms with Crippen molar-refractivity contribution in [2.24, 2.45) is 0 Å². The van der Waals surface area contributed by atoms with Gasteiger partial charge in [0.15, 0.2) is 5.13 Å². The van der Waals surface area contributed by atoms with E-state index in [-0.39, 0.29) is 16.8 Å². The van der Waals surface area contributed by atoms with Gasteiger partial charge in [-0.05, 0) is 73.5 Å². The van der Waals surface area contributed by atoms with Crippen molar-refractivity contribution in [2.75, 3.05) is 12.4 Å². The zero-order chi connectivity index (χ0) is 24.4. The summed E-state index contributed by atoms with van der Waals surface area (Å²) in [7, 11) is -1.95. The summed E-state index contributed by atoms with van der Waals surface area (Å²) in [5.41, 5.74) is 2.00. The van der Waals surface area contributed by atoms with Gasteiger partial charge < -0.3 is 4.74 Å². The number of amides is 1. The third-order valence-electron chi connectivity index (χ3n) is 5.71. The van der Waals surface area contributed by atoms with Crippen LogP contribution in [-0.4, -0.2) is 36.7 Å². The largest absolute Gasteiger partial charge is 0.457 e.